The molecule has 2 nitrogen and oxygen atoms in total. The van der Waals surface area contributed by atoms with Crippen molar-refractivity contribution in [2.45, 2.75) is 54.4 Å². The van der Waals surface area contributed by atoms with E-state index in [1.807, 2.05) is 26.0 Å². The van der Waals surface area contributed by atoms with Crippen molar-refractivity contribution in [1.82, 2.24) is 0 Å². The lowest BCUT2D eigenvalue weighted by atomic mass is 9.93. The summed E-state index contributed by atoms with van der Waals surface area (Å²) in [4.78, 5) is 11.8. The van der Waals surface area contributed by atoms with E-state index in [1.165, 1.54) is 16.7 Å². The molecule has 0 saturated heterocycles. The number of ether oxygens (including phenoxy) is 1. The number of carbonyl (C=O) groups is 1. The van der Waals surface area contributed by atoms with Crippen LogP contribution in [0.2, 0.25) is 0 Å². The fraction of sp³-hybridized carbons (Fsp3) is 0.423. The Kier molecular flexibility index (Phi) is 10.9. The largest absolute Gasteiger partial charge is 0.463 e. The van der Waals surface area contributed by atoms with Crippen LogP contribution in [0.5, 0.6) is 0 Å². The average molecular weight is 381 g/mol. The predicted octanol–water partition coefficient (Wildman–Crippen LogP) is 7.15. The molecule has 0 N–H and O–H groups in total. The summed E-state index contributed by atoms with van der Waals surface area (Å²) in [6, 6.07) is 10.4. The van der Waals surface area contributed by atoms with Gasteiger partial charge in [-0.15, -0.1) is 0 Å². The third kappa shape index (κ3) is 9.55. The molecule has 0 heterocycles. The highest BCUT2D eigenvalue weighted by Gasteiger charge is 2.08. The minimum absolute atomic E-state index is 0.230. The summed E-state index contributed by atoms with van der Waals surface area (Å²) in [5, 5.41) is 0. The summed E-state index contributed by atoms with van der Waals surface area (Å²) in [5.74, 6) is 0.699. The van der Waals surface area contributed by atoms with Crippen molar-refractivity contribution in [3.05, 3.63) is 76.9 Å². The molecule has 1 aromatic rings. The first kappa shape index (κ1) is 23.7. The summed E-state index contributed by atoms with van der Waals surface area (Å²) in [6.45, 7) is 12.8. The maximum absolute atomic E-state index is 11.8. The Balaban J connectivity index is 2.69. The van der Waals surface area contributed by atoms with Gasteiger partial charge in [0.15, 0.2) is 0 Å². The van der Waals surface area contributed by atoms with Gasteiger partial charge in [0.1, 0.15) is 0 Å². The fourth-order valence-electron chi connectivity index (χ4n) is 3.23. The average Bonchev–Trinajstić information content (AvgIpc) is 2.66. The van der Waals surface area contributed by atoms with E-state index in [1.54, 1.807) is 0 Å². The highest BCUT2D eigenvalue weighted by atomic mass is 16.5. The molecule has 1 rings (SSSR count). The fourth-order valence-corrected chi connectivity index (χ4v) is 3.23. The van der Waals surface area contributed by atoms with Crippen molar-refractivity contribution in [2.75, 3.05) is 6.61 Å². The zero-order valence-electron chi connectivity index (χ0n) is 18.4. The minimum Gasteiger partial charge on any atom is -0.463 e. The van der Waals surface area contributed by atoms with Gasteiger partial charge in [-0.2, -0.15) is 0 Å². The third-order valence-corrected chi connectivity index (χ3v) is 4.54. The molecule has 28 heavy (non-hydrogen) atoms. The van der Waals surface area contributed by atoms with E-state index in [2.05, 4.69) is 76.3 Å². The Morgan fingerprint density at radius 3 is 2.29 bits per heavy atom. The van der Waals surface area contributed by atoms with Crippen LogP contribution in [-0.4, -0.2) is 12.6 Å². The van der Waals surface area contributed by atoms with Crippen molar-refractivity contribution < 1.29 is 9.53 Å². The summed E-state index contributed by atoms with van der Waals surface area (Å²) in [5.41, 5.74) is 4.35. The molecule has 0 bridgehead atoms. The summed E-state index contributed by atoms with van der Waals surface area (Å²) >= 11 is 0. The molecular formula is C26H36O2. The van der Waals surface area contributed by atoms with Gasteiger partial charge in [0.25, 0.3) is 0 Å². The van der Waals surface area contributed by atoms with E-state index in [9.17, 15) is 4.79 Å². The van der Waals surface area contributed by atoms with Gasteiger partial charge in [0.05, 0.1) is 6.61 Å². The first-order valence-electron chi connectivity index (χ1n) is 10.3. The quantitative estimate of drug-likeness (QED) is 0.245. The van der Waals surface area contributed by atoms with E-state index in [0.717, 1.165) is 12.8 Å². The van der Waals surface area contributed by atoms with Crippen LogP contribution in [0, 0.1) is 11.8 Å². The summed E-state index contributed by atoms with van der Waals surface area (Å²) < 4.78 is 5.07. The second-order valence-electron chi connectivity index (χ2n) is 7.49. The molecule has 0 radical (unpaired) electrons. The Hall–Kier alpha value is -2.35. The highest BCUT2D eigenvalue weighted by molar-refractivity contribution is 5.88. The topological polar surface area (TPSA) is 26.3 Å². The molecule has 2 unspecified atom stereocenters. The lowest BCUT2D eigenvalue weighted by Gasteiger charge is -2.13. The van der Waals surface area contributed by atoms with Crippen LogP contribution in [-0.2, 0) is 9.53 Å². The number of benzene rings is 1. The Morgan fingerprint density at radius 2 is 1.68 bits per heavy atom. The van der Waals surface area contributed by atoms with Crippen molar-refractivity contribution in [1.29, 1.82) is 0 Å². The van der Waals surface area contributed by atoms with E-state index < -0.39 is 0 Å². The van der Waals surface area contributed by atoms with E-state index in [4.69, 9.17) is 4.74 Å². The van der Waals surface area contributed by atoms with E-state index >= 15 is 0 Å². The number of esters is 1. The van der Waals surface area contributed by atoms with Gasteiger partial charge in [-0.05, 0) is 57.1 Å². The van der Waals surface area contributed by atoms with Crippen LogP contribution < -0.4 is 0 Å². The van der Waals surface area contributed by atoms with E-state index in [0.29, 0.717) is 24.0 Å². The maximum atomic E-state index is 11.8. The van der Waals surface area contributed by atoms with Crippen molar-refractivity contribution >= 4 is 12.0 Å². The first-order chi connectivity index (χ1) is 13.3. The molecule has 0 aromatic heterocycles. The monoisotopic (exact) mass is 380 g/mol. The number of rotatable bonds is 10. The van der Waals surface area contributed by atoms with Gasteiger partial charge in [-0.3, -0.25) is 0 Å². The van der Waals surface area contributed by atoms with E-state index in [-0.39, 0.29) is 5.97 Å². The second kappa shape index (κ2) is 12.9. The molecule has 0 amide bonds. The van der Waals surface area contributed by atoms with Crippen molar-refractivity contribution in [2.24, 2.45) is 11.8 Å². The predicted molar refractivity (Wildman–Crippen MR) is 121 cm³/mol. The summed E-state index contributed by atoms with van der Waals surface area (Å²) in [6.07, 6.45) is 12.9. The Bertz CT molecular complexity index is 720. The molecule has 2 heteroatoms. The van der Waals surface area contributed by atoms with Crippen LogP contribution in [0.15, 0.2) is 71.4 Å². The standard InChI is InChI=1S/C26H36O2/c1-7-24(19-23(6)26(27)28-8-2)18-22(5)17-21(4)16-20(3)14-15-25-12-10-9-11-13-25/h9-16,18-19,21-22H,7-8,17H2,1-6H3/b15-14+,20-16+,23-19+,24-18-. The number of carbonyl (C=O) groups excluding carboxylic acids is 1. The number of hydrogen-bond donors (Lipinski definition) is 0. The molecule has 0 fully saturated rings. The number of allylic oxidation sites excluding steroid dienone is 6. The minimum atomic E-state index is -0.230. The first-order valence-corrected chi connectivity index (χ1v) is 10.3. The highest BCUT2D eigenvalue weighted by Crippen LogP contribution is 2.20. The molecule has 0 saturated carbocycles. The Labute approximate surface area is 171 Å². The van der Waals surface area contributed by atoms with Gasteiger partial charge in [-0.25, -0.2) is 4.79 Å². The van der Waals surface area contributed by atoms with Crippen LogP contribution in [0.3, 0.4) is 0 Å². The van der Waals surface area contributed by atoms with Crippen molar-refractivity contribution in [3.8, 4) is 0 Å². The van der Waals surface area contributed by atoms with Gasteiger partial charge < -0.3 is 4.74 Å². The molecule has 152 valence electrons. The molecule has 2 atom stereocenters. The van der Waals surface area contributed by atoms with Gasteiger partial charge in [0, 0.05) is 5.57 Å². The molecule has 1 aromatic carbocycles. The molecular weight excluding hydrogens is 344 g/mol. The molecule has 0 spiro atoms. The normalized spacial score (nSPS) is 15.6. The second-order valence-corrected chi connectivity index (χ2v) is 7.49. The SMILES string of the molecule is CCOC(=O)/C(C)=C/C(=C\C(C)CC(C)/C=C(C)/C=C/c1ccccc1)CC. The van der Waals surface area contributed by atoms with Crippen LogP contribution in [0.4, 0.5) is 0 Å². The maximum Gasteiger partial charge on any atom is 0.333 e. The summed E-state index contributed by atoms with van der Waals surface area (Å²) in [7, 11) is 0. The smallest absolute Gasteiger partial charge is 0.333 e. The van der Waals surface area contributed by atoms with Crippen LogP contribution in [0.25, 0.3) is 6.08 Å². The molecule has 0 aliphatic carbocycles. The van der Waals surface area contributed by atoms with Gasteiger partial charge in [0.2, 0.25) is 0 Å². The van der Waals surface area contributed by atoms with Crippen LogP contribution >= 0.6 is 0 Å². The lowest BCUT2D eigenvalue weighted by molar-refractivity contribution is -0.138. The van der Waals surface area contributed by atoms with Crippen LogP contribution in [0.1, 0.15) is 59.9 Å². The van der Waals surface area contributed by atoms with Gasteiger partial charge >= 0.3 is 5.97 Å². The Morgan fingerprint density at radius 1 is 1.04 bits per heavy atom. The molecule has 0 aliphatic heterocycles. The zero-order chi connectivity index (χ0) is 20.9. The van der Waals surface area contributed by atoms with Crippen molar-refractivity contribution in [3.63, 3.8) is 0 Å². The van der Waals surface area contributed by atoms with Gasteiger partial charge in [-0.1, -0.05) is 86.6 Å². The zero-order valence-corrected chi connectivity index (χ0v) is 18.4. The number of hydrogen-bond acceptors (Lipinski definition) is 2. The third-order valence-electron chi connectivity index (χ3n) is 4.54. The molecule has 0 aliphatic rings. The lowest BCUT2D eigenvalue weighted by Crippen LogP contribution is -2.05.